The van der Waals surface area contributed by atoms with Gasteiger partial charge in [0.15, 0.2) is 0 Å². The van der Waals surface area contributed by atoms with Crippen molar-refractivity contribution < 1.29 is 39.3 Å². The van der Waals surface area contributed by atoms with Gasteiger partial charge in [0.1, 0.15) is 12.1 Å². The number of rotatable bonds is 12. The number of carboxylic acids is 2. The molecule has 0 radical (unpaired) electrons. The molecule has 0 aromatic carbocycles. The van der Waals surface area contributed by atoms with E-state index in [4.69, 9.17) is 15.9 Å². The molecule has 0 heterocycles. The first kappa shape index (κ1) is 24.6. The van der Waals surface area contributed by atoms with E-state index in [0.29, 0.717) is 0 Å². The molecular weight excluding hydrogens is 384 g/mol. The van der Waals surface area contributed by atoms with Crippen molar-refractivity contribution in [3.63, 3.8) is 0 Å². The fourth-order valence-electron chi connectivity index (χ4n) is 1.80. The molecule has 0 aliphatic carbocycles. The van der Waals surface area contributed by atoms with Crippen LogP contribution >= 0.6 is 12.6 Å². The second-order valence-corrected chi connectivity index (χ2v) is 5.99. The van der Waals surface area contributed by atoms with Gasteiger partial charge in [-0.2, -0.15) is 12.6 Å². The van der Waals surface area contributed by atoms with Crippen LogP contribution < -0.4 is 21.7 Å². The van der Waals surface area contributed by atoms with Crippen molar-refractivity contribution in [2.75, 3.05) is 12.3 Å². The Labute approximate surface area is 160 Å². The summed E-state index contributed by atoms with van der Waals surface area (Å²) in [5, 5.41) is 33.7. The summed E-state index contributed by atoms with van der Waals surface area (Å²) in [6.07, 6.45) is -2.27. The number of carbonyl (C=O) groups excluding carboxylic acids is 3. The highest BCUT2D eigenvalue weighted by atomic mass is 32.1. The summed E-state index contributed by atoms with van der Waals surface area (Å²) in [7, 11) is 0. The van der Waals surface area contributed by atoms with Crippen LogP contribution in [0.4, 0.5) is 0 Å². The van der Waals surface area contributed by atoms with Crippen molar-refractivity contribution in [2.24, 2.45) is 5.73 Å². The lowest BCUT2D eigenvalue weighted by molar-refractivity contribution is -0.144. The average Bonchev–Trinajstić information content (AvgIpc) is 2.59. The van der Waals surface area contributed by atoms with Gasteiger partial charge in [0.2, 0.25) is 17.7 Å². The quantitative estimate of drug-likeness (QED) is 0.152. The second kappa shape index (κ2) is 12.1. The van der Waals surface area contributed by atoms with E-state index in [1.807, 2.05) is 0 Å². The van der Waals surface area contributed by atoms with Crippen LogP contribution in [0.3, 0.4) is 0 Å². The maximum Gasteiger partial charge on any atom is 0.326 e. The molecule has 154 valence electrons. The van der Waals surface area contributed by atoms with Gasteiger partial charge in [-0.3, -0.25) is 19.2 Å². The number of aliphatic hydroxyl groups is 1. The third kappa shape index (κ3) is 9.77. The van der Waals surface area contributed by atoms with Crippen LogP contribution in [-0.2, 0) is 24.0 Å². The maximum atomic E-state index is 12.2. The molecule has 0 rings (SSSR count). The van der Waals surface area contributed by atoms with E-state index in [1.54, 1.807) is 0 Å². The van der Waals surface area contributed by atoms with E-state index in [9.17, 15) is 29.1 Å². The summed E-state index contributed by atoms with van der Waals surface area (Å²) < 4.78 is 0. The third-order valence-electron chi connectivity index (χ3n) is 3.30. The van der Waals surface area contributed by atoms with E-state index in [-0.39, 0.29) is 12.2 Å². The van der Waals surface area contributed by atoms with Crippen molar-refractivity contribution in [3.8, 4) is 0 Å². The Kier molecular flexibility index (Phi) is 11.0. The standard InChI is InChI=1S/C14H24N4O8S/c1-6(19)11(18-9(20)4-16-12(23)7(15)5-27)13(24)17-8(14(25)26)2-3-10(21)22/h6-8,11,19,27H,2-5,15H2,1H3,(H,16,23)(H,17,24)(H,18,20)(H,21,22)(H,25,26). The van der Waals surface area contributed by atoms with Crippen molar-refractivity contribution in [1.82, 2.24) is 16.0 Å². The van der Waals surface area contributed by atoms with Gasteiger partial charge in [0, 0.05) is 12.2 Å². The van der Waals surface area contributed by atoms with Crippen molar-refractivity contribution in [2.45, 2.75) is 44.0 Å². The monoisotopic (exact) mass is 408 g/mol. The largest absolute Gasteiger partial charge is 0.481 e. The van der Waals surface area contributed by atoms with Gasteiger partial charge in [0.25, 0.3) is 0 Å². The minimum Gasteiger partial charge on any atom is -0.481 e. The Morgan fingerprint density at radius 2 is 1.67 bits per heavy atom. The summed E-state index contributed by atoms with van der Waals surface area (Å²) in [6, 6.07) is -3.96. The Hall–Kier alpha value is -2.38. The SMILES string of the molecule is CC(O)C(NC(=O)CNC(=O)C(N)CS)C(=O)NC(CCC(=O)O)C(=O)O. The lowest BCUT2D eigenvalue weighted by Gasteiger charge is -2.23. The summed E-state index contributed by atoms with van der Waals surface area (Å²) >= 11 is 3.83. The minimum atomic E-state index is -1.51. The molecule has 0 spiro atoms. The van der Waals surface area contributed by atoms with E-state index in [0.717, 1.165) is 0 Å². The number of amides is 3. The smallest absolute Gasteiger partial charge is 0.326 e. The highest BCUT2D eigenvalue weighted by molar-refractivity contribution is 7.80. The topological polar surface area (TPSA) is 208 Å². The zero-order chi connectivity index (χ0) is 21.1. The first-order chi connectivity index (χ1) is 12.5. The molecule has 0 aromatic rings. The van der Waals surface area contributed by atoms with Gasteiger partial charge in [-0.1, -0.05) is 0 Å². The number of thiol groups is 1. The molecule has 0 bridgehead atoms. The fraction of sp³-hybridized carbons (Fsp3) is 0.643. The van der Waals surface area contributed by atoms with Crippen LogP contribution in [0.1, 0.15) is 19.8 Å². The number of nitrogens with two attached hydrogens (primary N) is 1. The Bertz CT molecular complexity index is 571. The lowest BCUT2D eigenvalue weighted by atomic mass is 10.1. The van der Waals surface area contributed by atoms with Crippen LogP contribution in [-0.4, -0.2) is 81.5 Å². The van der Waals surface area contributed by atoms with Crippen molar-refractivity contribution >= 4 is 42.3 Å². The summed E-state index contributed by atoms with van der Waals surface area (Å²) in [5.41, 5.74) is 5.41. The normalized spacial score (nSPS) is 15.0. The number of hydrogen-bond acceptors (Lipinski definition) is 8. The predicted molar refractivity (Wildman–Crippen MR) is 94.9 cm³/mol. The first-order valence-corrected chi connectivity index (χ1v) is 8.49. The molecule has 0 fully saturated rings. The molecule has 3 amide bonds. The van der Waals surface area contributed by atoms with E-state index in [2.05, 4.69) is 28.6 Å². The van der Waals surface area contributed by atoms with Gasteiger partial charge in [-0.15, -0.1) is 0 Å². The zero-order valence-electron chi connectivity index (χ0n) is 14.5. The van der Waals surface area contributed by atoms with Crippen LogP contribution in [0.15, 0.2) is 0 Å². The van der Waals surface area contributed by atoms with Crippen LogP contribution in [0.5, 0.6) is 0 Å². The van der Waals surface area contributed by atoms with E-state index >= 15 is 0 Å². The van der Waals surface area contributed by atoms with E-state index < -0.39 is 66.9 Å². The highest BCUT2D eigenvalue weighted by Crippen LogP contribution is 2.01. The van der Waals surface area contributed by atoms with Crippen molar-refractivity contribution in [3.05, 3.63) is 0 Å². The molecule has 12 nitrogen and oxygen atoms in total. The van der Waals surface area contributed by atoms with E-state index in [1.165, 1.54) is 6.92 Å². The zero-order valence-corrected chi connectivity index (χ0v) is 15.4. The Morgan fingerprint density at radius 1 is 1.07 bits per heavy atom. The van der Waals surface area contributed by atoms with Gasteiger partial charge in [-0.05, 0) is 13.3 Å². The van der Waals surface area contributed by atoms with Gasteiger partial charge >= 0.3 is 11.9 Å². The third-order valence-corrected chi connectivity index (χ3v) is 3.69. The molecule has 8 N–H and O–H groups in total. The number of carbonyl (C=O) groups is 5. The number of aliphatic carboxylic acids is 2. The number of nitrogens with one attached hydrogen (secondary N) is 3. The maximum absolute atomic E-state index is 12.2. The fourth-order valence-corrected chi connectivity index (χ4v) is 1.96. The number of hydrogen-bond donors (Lipinski definition) is 8. The van der Waals surface area contributed by atoms with Crippen LogP contribution in [0.2, 0.25) is 0 Å². The van der Waals surface area contributed by atoms with Crippen LogP contribution in [0.25, 0.3) is 0 Å². The molecule has 4 atom stereocenters. The molecule has 0 saturated carbocycles. The molecule has 13 heteroatoms. The molecule has 0 saturated heterocycles. The first-order valence-electron chi connectivity index (χ1n) is 7.86. The van der Waals surface area contributed by atoms with Gasteiger partial charge in [0.05, 0.1) is 18.7 Å². The summed E-state index contributed by atoms with van der Waals surface area (Å²) in [6.45, 7) is 0.658. The number of aliphatic hydroxyl groups excluding tert-OH is 1. The number of carboxylic acid groups (broad SMARTS) is 2. The minimum absolute atomic E-state index is 0.0546. The Balaban J connectivity index is 4.82. The molecule has 0 aliphatic heterocycles. The van der Waals surface area contributed by atoms with Gasteiger partial charge < -0.3 is 37.0 Å². The predicted octanol–water partition coefficient (Wildman–Crippen LogP) is -3.34. The molecule has 0 aliphatic rings. The summed E-state index contributed by atoms with van der Waals surface area (Å²) in [5.74, 6) is -5.14. The van der Waals surface area contributed by atoms with Crippen molar-refractivity contribution in [1.29, 1.82) is 0 Å². The van der Waals surface area contributed by atoms with Gasteiger partial charge in [-0.25, -0.2) is 4.79 Å². The molecule has 4 unspecified atom stereocenters. The lowest BCUT2D eigenvalue weighted by Crippen LogP contribution is -2.57. The second-order valence-electron chi connectivity index (χ2n) is 5.62. The average molecular weight is 408 g/mol. The molecule has 0 aromatic heterocycles. The molecule has 27 heavy (non-hydrogen) atoms. The highest BCUT2D eigenvalue weighted by Gasteiger charge is 2.30. The van der Waals surface area contributed by atoms with Crippen LogP contribution in [0, 0.1) is 0 Å². The molecular formula is C14H24N4O8S. The Morgan fingerprint density at radius 3 is 2.11 bits per heavy atom. The summed E-state index contributed by atoms with van der Waals surface area (Å²) in [4.78, 5) is 57.1.